The fraction of sp³-hybridized carbons (Fsp3) is 0.177. The minimum atomic E-state index is -1.26. The molecule has 0 unspecified atom stereocenters. The second kappa shape index (κ2) is 48.2. The number of fused-ring (bicyclic) bond motifs is 6. The van der Waals surface area contributed by atoms with Crippen LogP contribution in [0.1, 0.15) is 142 Å². The molecule has 15 N–H and O–H groups in total. The van der Waals surface area contributed by atoms with Gasteiger partial charge in [0.1, 0.15) is 46.7 Å². The molecule has 1 aliphatic rings. The van der Waals surface area contributed by atoms with Gasteiger partial charge in [0.2, 0.25) is 17.7 Å². The monoisotopic (exact) mass is 2040 g/mol. The summed E-state index contributed by atoms with van der Waals surface area (Å²) in [7, 11) is 0. The number of anilines is 4. The van der Waals surface area contributed by atoms with Crippen molar-refractivity contribution in [2.24, 2.45) is 11.8 Å². The fourth-order valence-corrected chi connectivity index (χ4v) is 17.0. The largest absolute Gasteiger partial charge is 0.512 e. The number of rotatable bonds is 32. The Bertz CT molecular complexity index is 8130. The van der Waals surface area contributed by atoms with Gasteiger partial charge < -0.3 is 64.1 Å². The minimum absolute atomic E-state index is 0.00339. The molecule has 5 amide bonds. The van der Waals surface area contributed by atoms with E-state index in [9.17, 15) is 92.2 Å². The average Bonchev–Trinajstić information content (AvgIpc) is 0.839. The molecule has 11 aromatic carbocycles. The molecule has 4 atom stereocenters. The Balaban J connectivity index is 0.000000150. The summed E-state index contributed by atoms with van der Waals surface area (Å²) in [5.41, 5.74) is 30.2. The molecule has 0 bridgehead atoms. The van der Waals surface area contributed by atoms with Crippen molar-refractivity contribution in [3.05, 3.63) is 426 Å². The van der Waals surface area contributed by atoms with Crippen LogP contribution in [0.5, 0.6) is 0 Å². The predicted molar refractivity (Wildman–Crippen MR) is 545 cm³/mol. The van der Waals surface area contributed by atoms with E-state index in [1.54, 1.807) is 104 Å². The van der Waals surface area contributed by atoms with Crippen LogP contribution < -0.4 is 55.1 Å². The standard InChI is InChI=1S/C31H27F2N3O3.C29H23F2N5O3.C27H26F2N4O3.C26H20F4N4O2/c32-27-8-2-18(13-28(27)33)11-24(16-29(38)23-4-3-21-15-25(37)6-5-20(21)14-23)31(39)36-17-19-1-7-26-22(12-19)9-10-35-30(26)34;30-21-8-6-16(13-22(21)31)11-19(14-25(37)26-29(39)36-24-4-2-1-3-23(24)35-26)28(38)34-15-17-5-7-20-18(12-17)9-10-33-27(20)32;1-15(2)25-14-23(33-36-25)27(35)32-22(13-17-4-7-20(28)21(29)12-17)24(34)8-5-16-3-6-19-18(11-16)9-10-31-26(19)30;27-18-10-17(11-19(28)12-18)25(35)34-23(9-14-2-4-21(29)22(30)8-14)26(36)33-13-15-1-3-20-16(7-15)5-6-32-24(20)31/h1-4,6-10,12-14,24,37H,5,11,15-17H2,(H2,34,35)(H,36,39);1-10,12-13,19H,11,14-15H2,(H2,32,33)(H,34,38)(H,36,39);3-4,6-7,9-12,14-15,22H,5,8,13H2,1-2H3,(H2,30,31)(H,32,35);1-8,10-12,23H,9,13H2,(H2,31,32)(H,33,36)(H,34,35)/t24-;19-;22-;23-/m1100/s1. The van der Waals surface area contributed by atoms with E-state index in [2.05, 4.69) is 61.6 Å². The molecule has 6 heterocycles. The maximum atomic E-state index is 13.9. The van der Waals surface area contributed by atoms with Crippen LogP contribution in [0.4, 0.5) is 67.2 Å². The number of halogens is 10. The molecule has 150 heavy (non-hydrogen) atoms. The molecule has 0 saturated carbocycles. The molecule has 0 saturated heterocycles. The number of amides is 5. The van der Waals surface area contributed by atoms with Gasteiger partial charge in [0, 0.05) is 139 Å². The lowest BCUT2D eigenvalue weighted by atomic mass is 9.88. The summed E-state index contributed by atoms with van der Waals surface area (Å²) in [6, 6.07) is 56.2. The smallest absolute Gasteiger partial charge is 0.278 e. The molecule has 0 fully saturated rings. The van der Waals surface area contributed by atoms with Gasteiger partial charge in [0.05, 0.1) is 22.8 Å². The van der Waals surface area contributed by atoms with Crippen molar-refractivity contribution in [2.75, 3.05) is 22.9 Å². The number of benzene rings is 11. The SMILES string of the molecule is CC(C)c1cc(C(=O)N[C@@H](Cc2ccc(F)c(F)c2)C(=O)CCc2ccc3c(N)nccc3c2)no1.Nc1nccc2cc(CNC(=O)[C@@H](CC(=O)c3ccc4c(c3)CC=C(O)C4)Cc3ccc(F)c(F)c3)ccc12.Nc1nccc2cc(CNC(=O)[C@@H](CC(=O)c3nc4ccccc4[nH]c3=O)Cc3ccc(F)c(F)c3)ccc12.Nc1nccc2cc(CNC(=O)[C@H](Cc3ccc(F)c(F)c3)NC(=O)c3cc(F)cc(F)c3)ccc12. The first kappa shape index (κ1) is 106. The van der Waals surface area contributed by atoms with Gasteiger partial charge in [-0.05, 0) is 237 Å². The number of para-hydroxylation sites is 2. The van der Waals surface area contributed by atoms with Gasteiger partial charge in [0.15, 0.2) is 75.3 Å². The number of aromatic nitrogens is 7. The van der Waals surface area contributed by atoms with E-state index in [-0.39, 0.29) is 110 Å². The van der Waals surface area contributed by atoms with Gasteiger partial charge in [-0.25, -0.2) is 68.8 Å². The fourth-order valence-electron chi connectivity index (χ4n) is 17.0. The Morgan fingerprint density at radius 1 is 0.413 bits per heavy atom. The number of nitrogen functional groups attached to an aromatic ring is 4. The summed E-state index contributed by atoms with van der Waals surface area (Å²) >= 11 is 0. The maximum Gasteiger partial charge on any atom is 0.278 e. The zero-order valence-corrected chi connectivity index (χ0v) is 80.3. The van der Waals surface area contributed by atoms with Crippen LogP contribution in [-0.4, -0.2) is 99.1 Å². The number of nitrogens with zero attached hydrogens (tertiary/aromatic N) is 6. The molecular formula is C113H96F10N16O11. The Hall–Kier alpha value is -18.2. The van der Waals surface area contributed by atoms with Gasteiger partial charge in [0.25, 0.3) is 17.4 Å². The van der Waals surface area contributed by atoms with E-state index in [1.165, 1.54) is 30.3 Å². The van der Waals surface area contributed by atoms with Crippen molar-refractivity contribution < 1.29 is 91.9 Å². The van der Waals surface area contributed by atoms with Crippen LogP contribution in [-0.2, 0) is 83.8 Å². The number of aliphatic hydroxyl groups excluding tert-OH is 1. The molecule has 37 heteroatoms. The highest BCUT2D eigenvalue weighted by atomic mass is 19.2. The van der Waals surface area contributed by atoms with Gasteiger partial charge in [-0.1, -0.05) is 122 Å². The van der Waals surface area contributed by atoms with E-state index in [1.807, 2.05) is 80.6 Å². The number of carbonyl (C=O) groups excluding carboxylic acids is 8. The lowest BCUT2D eigenvalue weighted by molar-refractivity contribution is -0.125. The Labute approximate surface area is 849 Å². The molecule has 6 aromatic heterocycles. The van der Waals surface area contributed by atoms with Gasteiger partial charge >= 0.3 is 0 Å². The number of Topliss-reactive ketones (excluding diaryl/α,β-unsaturated/α-hetero) is 3. The highest BCUT2D eigenvalue weighted by molar-refractivity contribution is 6.02. The van der Waals surface area contributed by atoms with Crippen LogP contribution in [0.15, 0.2) is 283 Å². The zero-order chi connectivity index (χ0) is 107. The number of hydrogen-bond donors (Lipinski definition) is 11. The van der Waals surface area contributed by atoms with Crippen LogP contribution in [0, 0.1) is 70.0 Å². The predicted octanol–water partition coefficient (Wildman–Crippen LogP) is 18.2. The third-order valence-electron chi connectivity index (χ3n) is 25.0. The van der Waals surface area contributed by atoms with Crippen molar-refractivity contribution >= 4 is 124 Å². The van der Waals surface area contributed by atoms with Crippen LogP contribution in [0.3, 0.4) is 0 Å². The molecule has 1 aliphatic carbocycles. The third kappa shape index (κ3) is 27.5. The first-order valence-corrected chi connectivity index (χ1v) is 47.2. The number of ketones is 3. The lowest BCUT2D eigenvalue weighted by Crippen LogP contribution is -2.47. The number of carbonyl (C=O) groups is 8. The molecule has 0 radical (unpaired) electrons. The molecule has 27 nitrogen and oxygen atoms in total. The van der Waals surface area contributed by atoms with E-state index in [0.717, 1.165) is 137 Å². The lowest BCUT2D eigenvalue weighted by Gasteiger charge is -2.19. The number of hydrogen-bond acceptors (Lipinski definition) is 21. The van der Waals surface area contributed by atoms with Crippen molar-refractivity contribution in [3.8, 4) is 0 Å². The topological polar surface area (TPSA) is 444 Å². The first-order valence-electron chi connectivity index (χ1n) is 47.2. The van der Waals surface area contributed by atoms with Crippen LogP contribution in [0.2, 0.25) is 0 Å². The van der Waals surface area contributed by atoms with Crippen molar-refractivity contribution in [1.29, 1.82) is 0 Å². The number of aliphatic hydroxyl groups is 1. The summed E-state index contributed by atoms with van der Waals surface area (Å²) in [5, 5.41) is 33.7. The Morgan fingerprint density at radius 2 is 0.833 bits per heavy atom. The molecule has 17 aromatic rings. The average molecular weight is 2040 g/mol. The second-order valence-corrected chi connectivity index (χ2v) is 36.1. The molecule has 764 valence electrons. The Kier molecular flexibility index (Phi) is 34.1. The highest BCUT2D eigenvalue weighted by Gasteiger charge is 2.31. The number of pyridine rings is 4. The molecule has 0 spiro atoms. The van der Waals surface area contributed by atoms with Crippen LogP contribution >= 0.6 is 0 Å². The Morgan fingerprint density at radius 3 is 1.29 bits per heavy atom. The zero-order valence-electron chi connectivity index (χ0n) is 80.3. The van der Waals surface area contributed by atoms with Crippen LogP contribution in [0.25, 0.3) is 54.1 Å². The summed E-state index contributed by atoms with van der Waals surface area (Å²) in [6.07, 6.45) is 8.92. The summed E-state index contributed by atoms with van der Waals surface area (Å²) < 4.78 is 141. The van der Waals surface area contributed by atoms with Crippen molar-refractivity contribution in [3.63, 3.8) is 0 Å². The van der Waals surface area contributed by atoms with E-state index in [4.69, 9.17) is 27.5 Å². The van der Waals surface area contributed by atoms with Crippen molar-refractivity contribution in [2.45, 2.75) is 116 Å². The summed E-state index contributed by atoms with van der Waals surface area (Å²) in [4.78, 5) is 140. The van der Waals surface area contributed by atoms with Gasteiger partial charge in [-0.15, -0.1) is 0 Å². The quantitative estimate of drug-likeness (QED) is 0.0138. The molecule has 18 rings (SSSR count). The number of nitrogens with one attached hydrogen (secondary N) is 6. The normalized spacial score (nSPS) is 12.3. The van der Waals surface area contributed by atoms with E-state index in [0.29, 0.717) is 93.4 Å². The molecule has 0 aliphatic heterocycles. The van der Waals surface area contributed by atoms with E-state index >= 15 is 0 Å². The van der Waals surface area contributed by atoms with Gasteiger partial charge in [-0.3, -0.25) is 43.2 Å². The number of aryl methyl sites for hydroxylation is 1. The third-order valence-corrected chi connectivity index (χ3v) is 25.0. The highest BCUT2D eigenvalue weighted by Crippen LogP contribution is 2.31. The van der Waals surface area contributed by atoms with Gasteiger partial charge in [-0.2, -0.15) is 0 Å². The summed E-state index contributed by atoms with van der Waals surface area (Å²) in [6.45, 7) is 4.24. The number of aromatic amines is 1. The first-order chi connectivity index (χ1) is 71.9. The number of H-pyrrole nitrogens is 1. The van der Waals surface area contributed by atoms with E-state index < -0.39 is 117 Å². The minimum Gasteiger partial charge on any atom is -0.512 e. The maximum absolute atomic E-state index is 13.9. The summed E-state index contributed by atoms with van der Waals surface area (Å²) in [5.74, 6) is -13.6. The second-order valence-electron chi connectivity index (χ2n) is 36.1. The van der Waals surface area contributed by atoms with Crippen molar-refractivity contribution in [1.82, 2.24) is 61.6 Å². The number of nitrogens with two attached hydrogens (primary N) is 4. The number of allylic oxidation sites excluding steroid dienone is 2. The molecular weight excluding hydrogens is 1950 g/mol.